The highest BCUT2D eigenvalue weighted by atomic mass is 32.2. The van der Waals surface area contributed by atoms with Gasteiger partial charge in [0.2, 0.25) is 5.91 Å². The third-order valence-electron chi connectivity index (χ3n) is 3.63. The third-order valence-corrected chi connectivity index (χ3v) is 4.87. The first-order chi connectivity index (χ1) is 11.6. The van der Waals surface area contributed by atoms with Crippen molar-refractivity contribution in [3.05, 3.63) is 53.6 Å². The maximum atomic E-state index is 12.7. The molecule has 132 valence electrons. The first-order valence-corrected chi connectivity index (χ1v) is 8.60. The fourth-order valence-corrected chi connectivity index (χ4v) is 3.39. The number of aryl methyl sites for hydroxylation is 1. The highest BCUT2D eigenvalue weighted by molar-refractivity contribution is 7.87. The summed E-state index contributed by atoms with van der Waals surface area (Å²) in [5.74, 6) is -0.593. The summed E-state index contributed by atoms with van der Waals surface area (Å²) in [5.41, 5.74) is 0.121. The van der Waals surface area contributed by atoms with Crippen molar-refractivity contribution in [2.75, 3.05) is 5.32 Å². The smallest absolute Gasteiger partial charge is 0.379 e. The average Bonchev–Trinajstić information content (AvgIpc) is 2.53. The Bertz CT molecular complexity index is 939. The van der Waals surface area contributed by atoms with Gasteiger partial charge in [-0.25, -0.2) is 0 Å². The van der Waals surface area contributed by atoms with Crippen molar-refractivity contribution in [2.24, 2.45) is 0 Å². The lowest BCUT2D eigenvalue weighted by atomic mass is 10.0. The van der Waals surface area contributed by atoms with E-state index in [1.807, 2.05) is 0 Å². The lowest BCUT2D eigenvalue weighted by Crippen LogP contribution is -2.19. The van der Waals surface area contributed by atoms with Crippen LogP contribution in [-0.2, 0) is 27.5 Å². The molecule has 1 aliphatic rings. The second-order valence-electron chi connectivity index (χ2n) is 5.43. The maximum absolute atomic E-state index is 12.7. The minimum Gasteiger partial charge on any atom is -0.379 e. The number of anilines is 1. The second kappa shape index (κ2) is 6.07. The Morgan fingerprint density at radius 3 is 2.52 bits per heavy atom. The first kappa shape index (κ1) is 17.3. The number of halogens is 3. The topological polar surface area (TPSA) is 72.5 Å². The Labute approximate surface area is 141 Å². The van der Waals surface area contributed by atoms with Gasteiger partial charge in [-0.15, -0.1) is 0 Å². The molecule has 1 heterocycles. The molecule has 0 radical (unpaired) electrons. The third kappa shape index (κ3) is 3.76. The molecule has 2 aromatic rings. The molecule has 0 fully saturated rings. The number of benzene rings is 2. The predicted molar refractivity (Wildman–Crippen MR) is 82.7 cm³/mol. The molecule has 0 aromatic heterocycles. The van der Waals surface area contributed by atoms with Crippen LogP contribution in [0.1, 0.15) is 17.5 Å². The molecular weight excluding hydrogens is 359 g/mol. The van der Waals surface area contributed by atoms with E-state index in [9.17, 15) is 26.4 Å². The van der Waals surface area contributed by atoms with E-state index < -0.39 is 27.6 Å². The lowest BCUT2D eigenvalue weighted by molar-refractivity contribution is -0.137. The van der Waals surface area contributed by atoms with Gasteiger partial charge in [0, 0.05) is 12.1 Å². The van der Waals surface area contributed by atoms with Crippen LogP contribution in [0, 0.1) is 0 Å². The van der Waals surface area contributed by atoms with E-state index in [0.29, 0.717) is 23.7 Å². The zero-order chi connectivity index (χ0) is 18.2. The van der Waals surface area contributed by atoms with Gasteiger partial charge in [-0.1, -0.05) is 6.07 Å². The maximum Gasteiger partial charge on any atom is 0.416 e. The van der Waals surface area contributed by atoms with Crippen LogP contribution in [0.5, 0.6) is 5.75 Å². The molecule has 1 N–H and O–H groups in total. The lowest BCUT2D eigenvalue weighted by Gasteiger charge is -2.17. The van der Waals surface area contributed by atoms with E-state index in [4.69, 9.17) is 4.18 Å². The molecule has 0 saturated heterocycles. The number of nitrogens with one attached hydrogen (secondary N) is 1. The number of fused-ring (bicyclic) bond motifs is 1. The SMILES string of the molecule is O=C1CCc2cc(S(=O)(=O)Oc3cccc(C(F)(F)F)c3)ccc2N1. The molecule has 25 heavy (non-hydrogen) atoms. The molecule has 0 atom stereocenters. The molecule has 0 unspecified atom stereocenters. The highest BCUT2D eigenvalue weighted by Crippen LogP contribution is 2.32. The quantitative estimate of drug-likeness (QED) is 0.840. The minimum absolute atomic E-state index is 0.164. The zero-order valence-corrected chi connectivity index (χ0v) is 13.4. The standard InChI is InChI=1S/C16H12F3NO4S/c17-16(18,19)11-2-1-3-12(9-11)24-25(22,23)13-5-6-14-10(8-13)4-7-15(21)20-14/h1-3,5-6,8-9H,4,7H2,(H,20,21). The molecule has 0 bridgehead atoms. The molecule has 0 spiro atoms. The summed E-state index contributed by atoms with van der Waals surface area (Å²) in [6, 6.07) is 7.64. The molecule has 3 rings (SSSR count). The number of carbonyl (C=O) groups is 1. The van der Waals surface area contributed by atoms with Crippen molar-refractivity contribution in [3.63, 3.8) is 0 Å². The number of carbonyl (C=O) groups excluding carboxylic acids is 1. The summed E-state index contributed by atoms with van der Waals surface area (Å²) < 4.78 is 67.6. The largest absolute Gasteiger partial charge is 0.416 e. The van der Waals surface area contributed by atoms with Gasteiger partial charge in [-0.3, -0.25) is 4.79 Å². The highest BCUT2D eigenvalue weighted by Gasteiger charge is 2.31. The van der Waals surface area contributed by atoms with Gasteiger partial charge in [-0.05, 0) is 48.4 Å². The number of hydrogen-bond donors (Lipinski definition) is 1. The van der Waals surface area contributed by atoms with E-state index in [1.165, 1.54) is 18.2 Å². The molecule has 5 nitrogen and oxygen atoms in total. The van der Waals surface area contributed by atoms with E-state index in [-0.39, 0.29) is 17.2 Å². The Morgan fingerprint density at radius 2 is 1.80 bits per heavy atom. The Morgan fingerprint density at radius 1 is 1.04 bits per heavy atom. The number of amides is 1. The predicted octanol–water partition coefficient (Wildman–Crippen LogP) is 3.36. The van der Waals surface area contributed by atoms with E-state index in [1.54, 1.807) is 0 Å². The van der Waals surface area contributed by atoms with Gasteiger partial charge >= 0.3 is 16.3 Å². The van der Waals surface area contributed by atoms with Crippen LogP contribution in [0.2, 0.25) is 0 Å². The van der Waals surface area contributed by atoms with Gasteiger partial charge in [0.1, 0.15) is 10.6 Å². The van der Waals surface area contributed by atoms with Gasteiger partial charge in [0.05, 0.1) is 5.56 Å². The van der Waals surface area contributed by atoms with Crippen LogP contribution in [0.4, 0.5) is 18.9 Å². The summed E-state index contributed by atoms with van der Waals surface area (Å²) in [6.45, 7) is 0. The molecule has 2 aromatic carbocycles. The Kier molecular flexibility index (Phi) is 4.19. The zero-order valence-electron chi connectivity index (χ0n) is 12.6. The Hall–Kier alpha value is -2.55. The normalized spacial score (nSPS) is 14.6. The van der Waals surface area contributed by atoms with E-state index >= 15 is 0 Å². The van der Waals surface area contributed by atoms with Crippen LogP contribution in [0.25, 0.3) is 0 Å². The van der Waals surface area contributed by atoms with Gasteiger partial charge in [0.15, 0.2) is 0 Å². The van der Waals surface area contributed by atoms with Crippen LogP contribution < -0.4 is 9.50 Å². The van der Waals surface area contributed by atoms with Crippen molar-refractivity contribution in [1.82, 2.24) is 0 Å². The van der Waals surface area contributed by atoms with Crippen molar-refractivity contribution in [2.45, 2.75) is 23.9 Å². The minimum atomic E-state index is -4.60. The molecule has 1 amide bonds. The molecule has 1 aliphatic heterocycles. The number of hydrogen-bond acceptors (Lipinski definition) is 4. The summed E-state index contributed by atoms with van der Waals surface area (Å²) in [4.78, 5) is 11.1. The summed E-state index contributed by atoms with van der Waals surface area (Å²) in [5, 5.41) is 2.61. The summed E-state index contributed by atoms with van der Waals surface area (Å²) in [7, 11) is -4.30. The van der Waals surface area contributed by atoms with Crippen LogP contribution in [0.15, 0.2) is 47.4 Å². The van der Waals surface area contributed by atoms with Gasteiger partial charge in [-0.2, -0.15) is 21.6 Å². The molecule has 9 heteroatoms. The fraction of sp³-hybridized carbons (Fsp3) is 0.188. The first-order valence-electron chi connectivity index (χ1n) is 7.20. The van der Waals surface area contributed by atoms with Crippen LogP contribution >= 0.6 is 0 Å². The summed E-state index contributed by atoms with van der Waals surface area (Å²) in [6.07, 6.45) is -4.01. The average molecular weight is 371 g/mol. The van der Waals surface area contributed by atoms with Crippen LogP contribution in [0.3, 0.4) is 0 Å². The fourth-order valence-electron chi connectivity index (χ4n) is 2.41. The molecular formula is C16H12F3NO4S. The van der Waals surface area contributed by atoms with E-state index in [2.05, 4.69) is 5.32 Å². The summed E-state index contributed by atoms with van der Waals surface area (Å²) >= 11 is 0. The van der Waals surface area contributed by atoms with Gasteiger partial charge < -0.3 is 9.50 Å². The van der Waals surface area contributed by atoms with E-state index in [0.717, 1.165) is 18.2 Å². The number of alkyl halides is 3. The molecule has 0 aliphatic carbocycles. The van der Waals surface area contributed by atoms with Crippen LogP contribution in [-0.4, -0.2) is 14.3 Å². The second-order valence-corrected chi connectivity index (χ2v) is 6.98. The monoisotopic (exact) mass is 371 g/mol. The van der Waals surface area contributed by atoms with Crippen molar-refractivity contribution in [3.8, 4) is 5.75 Å². The van der Waals surface area contributed by atoms with Gasteiger partial charge in [0.25, 0.3) is 0 Å². The van der Waals surface area contributed by atoms with Crippen molar-refractivity contribution in [1.29, 1.82) is 0 Å². The van der Waals surface area contributed by atoms with Crippen molar-refractivity contribution < 1.29 is 30.6 Å². The number of rotatable bonds is 3. The van der Waals surface area contributed by atoms with Crippen molar-refractivity contribution >= 4 is 21.7 Å². The molecule has 0 saturated carbocycles. The Balaban J connectivity index is 1.89.